The van der Waals surface area contributed by atoms with E-state index >= 15 is 0 Å². The first kappa shape index (κ1) is 12.9. The molecular weight excluding hydrogens is 250 g/mol. The number of aliphatic carboxylic acids is 1. The fraction of sp³-hybridized carbons (Fsp3) is 0.250. The Morgan fingerprint density at radius 1 is 1.16 bits per heavy atom. The maximum atomic E-state index is 11.6. The number of nitrogens with two attached hydrogens (primary N) is 1. The summed E-state index contributed by atoms with van der Waals surface area (Å²) in [4.78, 5) is 33.4. The summed E-state index contributed by atoms with van der Waals surface area (Å²) < 4.78 is 0. The zero-order valence-electron chi connectivity index (χ0n) is 9.97. The number of carboxylic acid groups (broad SMARTS) is 1. The van der Waals surface area contributed by atoms with Gasteiger partial charge in [0, 0.05) is 11.3 Å². The summed E-state index contributed by atoms with van der Waals surface area (Å²) in [6, 6.07) is 5.39. The normalized spacial score (nSPS) is 15.4. The molecule has 0 radical (unpaired) electrons. The lowest BCUT2D eigenvalue weighted by molar-refractivity contribution is -0.140. The van der Waals surface area contributed by atoms with Gasteiger partial charge in [-0.15, -0.1) is 0 Å². The highest BCUT2D eigenvalue weighted by Gasteiger charge is 2.51. The molecule has 100 valence electrons. The van der Waals surface area contributed by atoms with Crippen LogP contribution in [0.5, 0.6) is 0 Å². The number of primary amides is 1. The lowest BCUT2D eigenvalue weighted by Gasteiger charge is -2.13. The summed E-state index contributed by atoms with van der Waals surface area (Å²) in [5, 5.41) is 13.8. The van der Waals surface area contributed by atoms with Crippen LogP contribution >= 0.6 is 0 Å². The first-order valence-electron chi connectivity index (χ1n) is 5.65. The molecule has 1 aromatic carbocycles. The molecule has 5 N–H and O–H groups in total. The Morgan fingerprint density at radius 3 is 2.16 bits per heavy atom. The Morgan fingerprint density at radius 2 is 1.74 bits per heavy atom. The van der Waals surface area contributed by atoms with Gasteiger partial charge in [-0.2, -0.15) is 0 Å². The highest BCUT2D eigenvalue weighted by molar-refractivity contribution is 5.96. The van der Waals surface area contributed by atoms with Crippen molar-refractivity contribution in [3.63, 3.8) is 0 Å². The fourth-order valence-corrected chi connectivity index (χ4v) is 1.61. The smallest absolute Gasteiger partial charge is 0.329 e. The lowest BCUT2D eigenvalue weighted by atomic mass is 10.2. The summed E-state index contributed by atoms with van der Waals surface area (Å²) >= 11 is 0. The van der Waals surface area contributed by atoms with Gasteiger partial charge in [0.15, 0.2) is 0 Å². The van der Waals surface area contributed by atoms with Crippen molar-refractivity contribution in [3.8, 4) is 0 Å². The molecule has 1 aliphatic rings. The molecule has 1 aliphatic carbocycles. The molecule has 0 heterocycles. The van der Waals surface area contributed by atoms with Gasteiger partial charge in [-0.25, -0.2) is 9.59 Å². The molecule has 2 rings (SSSR count). The number of hydrogen-bond donors (Lipinski definition) is 4. The molecule has 7 heteroatoms. The largest absolute Gasteiger partial charge is 0.480 e. The van der Waals surface area contributed by atoms with Crippen molar-refractivity contribution in [2.24, 2.45) is 5.73 Å². The molecule has 7 nitrogen and oxygen atoms in total. The van der Waals surface area contributed by atoms with Crippen LogP contribution in [-0.4, -0.2) is 28.6 Å². The second kappa shape index (κ2) is 4.60. The molecule has 0 unspecified atom stereocenters. The molecule has 0 bridgehead atoms. The Kier molecular flexibility index (Phi) is 3.12. The molecular formula is C12H13N3O4. The third-order valence-electron chi connectivity index (χ3n) is 2.94. The average Bonchev–Trinajstić information content (AvgIpc) is 3.10. The number of carbonyl (C=O) groups is 3. The molecule has 0 spiro atoms. The zero-order chi connectivity index (χ0) is 14.0. The number of urea groups is 1. The lowest BCUT2D eigenvalue weighted by Crippen LogP contribution is -2.45. The topological polar surface area (TPSA) is 122 Å². The van der Waals surface area contributed by atoms with E-state index in [0.717, 1.165) is 0 Å². The van der Waals surface area contributed by atoms with Gasteiger partial charge in [0.25, 0.3) is 0 Å². The van der Waals surface area contributed by atoms with Crippen LogP contribution in [0.1, 0.15) is 23.2 Å². The second-order valence-corrected chi connectivity index (χ2v) is 4.41. The van der Waals surface area contributed by atoms with Crippen molar-refractivity contribution in [2.45, 2.75) is 18.4 Å². The van der Waals surface area contributed by atoms with Gasteiger partial charge in [-0.3, -0.25) is 4.79 Å². The summed E-state index contributed by atoms with van der Waals surface area (Å²) in [6.07, 6.45) is 0.854. The van der Waals surface area contributed by atoms with Gasteiger partial charge in [0.2, 0.25) is 5.91 Å². The van der Waals surface area contributed by atoms with Gasteiger partial charge < -0.3 is 21.5 Å². The minimum atomic E-state index is -1.13. The predicted molar refractivity (Wildman–Crippen MR) is 66.7 cm³/mol. The number of nitrogens with one attached hydrogen (secondary N) is 2. The SMILES string of the molecule is NC(=O)c1ccc(NC(=O)NC2(C(=O)O)CC2)cc1. The number of hydrogen-bond acceptors (Lipinski definition) is 3. The van der Waals surface area contributed by atoms with E-state index in [9.17, 15) is 14.4 Å². The van der Waals surface area contributed by atoms with Crippen LogP contribution in [0.15, 0.2) is 24.3 Å². The van der Waals surface area contributed by atoms with Crippen LogP contribution in [0.3, 0.4) is 0 Å². The number of carbonyl (C=O) groups excluding carboxylic acids is 2. The van der Waals surface area contributed by atoms with E-state index in [1.165, 1.54) is 24.3 Å². The van der Waals surface area contributed by atoms with E-state index in [-0.39, 0.29) is 0 Å². The van der Waals surface area contributed by atoms with Crippen molar-refractivity contribution in [1.29, 1.82) is 0 Å². The van der Waals surface area contributed by atoms with Crippen molar-refractivity contribution in [2.75, 3.05) is 5.32 Å². The average molecular weight is 263 g/mol. The molecule has 0 atom stereocenters. The van der Waals surface area contributed by atoms with E-state index in [1.54, 1.807) is 0 Å². The van der Waals surface area contributed by atoms with Crippen LogP contribution in [0, 0.1) is 0 Å². The highest BCUT2D eigenvalue weighted by Crippen LogP contribution is 2.35. The van der Waals surface area contributed by atoms with E-state index in [0.29, 0.717) is 24.1 Å². The van der Waals surface area contributed by atoms with Crippen LogP contribution < -0.4 is 16.4 Å². The summed E-state index contributed by atoms with van der Waals surface area (Å²) in [5.74, 6) is -1.59. The first-order chi connectivity index (χ1) is 8.93. The number of carboxylic acids is 1. The van der Waals surface area contributed by atoms with E-state index in [1.807, 2.05) is 0 Å². The Hall–Kier alpha value is -2.57. The minimum Gasteiger partial charge on any atom is -0.480 e. The zero-order valence-corrected chi connectivity index (χ0v) is 9.97. The Balaban J connectivity index is 1.96. The number of amides is 3. The van der Waals surface area contributed by atoms with Crippen molar-refractivity contribution in [3.05, 3.63) is 29.8 Å². The number of benzene rings is 1. The standard InChI is InChI=1S/C12H13N3O4/c13-9(16)7-1-3-8(4-2-7)14-11(19)15-12(5-6-12)10(17)18/h1-4H,5-6H2,(H2,13,16)(H,17,18)(H2,14,15,19). The molecule has 1 fully saturated rings. The summed E-state index contributed by atoms with van der Waals surface area (Å²) in [5.41, 5.74) is 4.73. The van der Waals surface area contributed by atoms with Crippen molar-refractivity contribution in [1.82, 2.24) is 5.32 Å². The predicted octanol–water partition coefficient (Wildman–Crippen LogP) is 0.524. The van der Waals surface area contributed by atoms with Crippen LogP contribution in [0.4, 0.5) is 10.5 Å². The maximum Gasteiger partial charge on any atom is 0.329 e. The highest BCUT2D eigenvalue weighted by atomic mass is 16.4. The number of rotatable bonds is 4. The molecule has 0 aromatic heterocycles. The molecule has 0 saturated heterocycles. The van der Waals surface area contributed by atoms with Crippen molar-refractivity contribution < 1.29 is 19.5 Å². The quantitative estimate of drug-likeness (QED) is 0.632. The molecule has 1 saturated carbocycles. The third kappa shape index (κ3) is 2.82. The van der Waals surface area contributed by atoms with Crippen LogP contribution in [-0.2, 0) is 4.79 Å². The molecule has 19 heavy (non-hydrogen) atoms. The molecule has 3 amide bonds. The monoisotopic (exact) mass is 263 g/mol. The second-order valence-electron chi connectivity index (χ2n) is 4.41. The van der Waals surface area contributed by atoms with Gasteiger partial charge in [-0.05, 0) is 37.1 Å². The van der Waals surface area contributed by atoms with Gasteiger partial charge in [-0.1, -0.05) is 0 Å². The number of anilines is 1. The van der Waals surface area contributed by atoms with E-state index in [2.05, 4.69) is 10.6 Å². The summed E-state index contributed by atoms with van der Waals surface area (Å²) in [7, 11) is 0. The Labute approximate surface area is 108 Å². The van der Waals surface area contributed by atoms with Gasteiger partial charge >= 0.3 is 12.0 Å². The van der Waals surface area contributed by atoms with Gasteiger partial charge in [0.05, 0.1) is 0 Å². The minimum absolute atomic E-state index is 0.329. The first-order valence-corrected chi connectivity index (χ1v) is 5.65. The maximum absolute atomic E-state index is 11.6. The van der Waals surface area contributed by atoms with E-state index in [4.69, 9.17) is 10.8 Å². The Bertz CT molecular complexity index is 534. The fourth-order valence-electron chi connectivity index (χ4n) is 1.61. The van der Waals surface area contributed by atoms with Gasteiger partial charge in [0.1, 0.15) is 5.54 Å². The molecule has 1 aromatic rings. The third-order valence-corrected chi connectivity index (χ3v) is 2.94. The van der Waals surface area contributed by atoms with E-state index < -0.39 is 23.4 Å². The molecule has 0 aliphatic heterocycles. The van der Waals surface area contributed by atoms with Crippen LogP contribution in [0.25, 0.3) is 0 Å². The van der Waals surface area contributed by atoms with Crippen molar-refractivity contribution >= 4 is 23.6 Å². The summed E-state index contributed by atoms with van der Waals surface area (Å²) in [6.45, 7) is 0. The van der Waals surface area contributed by atoms with Crippen LogP contribution in [0.2, 0.25) is 0 Å².